The van der Waals surface area contributed by atoms with E-state index in [1.54, 1.807) is 16.8 Å². The summed E-state index contributed by atoms with van der Waals surface area (Å²) in [6.45, 7) is 0. The van der Waals surface area contributed by atoms with E-state index in [-0.39, 0.29) is 11.9 Å². The van der Waals surface area contributed by atoms with E-state index in [2.05, 4.69) is 15.3 Å². The Bertz CT molecular complexity index is 1460. The molecule has 0 saturated heterocycles. The summed E-state index contributed by atoms with van der Waals surface area (Å²) in [6.07, 6.45) is 3.34. The second-order valence-corrected chi connectivity index (χ2v) is 7.17. The highest BCUT2D eigenvalue weighted by Gasteiger charge is 2.23. The number of aliphatic carboxylic acids is 1. The molecule has 152 valence electrons. The van der Waals surface area contributed by atoms with Gasteiger partial charge in [0.05, 0.1) is 6.20 Å². The first-order valence-corrected chi connectivity index (χ1v) is 9.71. The smallest absolute Gasteiger partial charge is 0.327 e. The molecule has 5 rings (SSSR count). The molecule has 0 fully saturated rings. The molecule has 0 aliphatic rings. The van der Waals surface area contributed by atoms with Crippen LogP contribution in [0.2, 0.25) is 0 Å². The summed E-state index contributed by atoms with van der Waals surface area (Å²) < 4.78 is 2.75. The van der Waals surface area contributed by atoms with Crippen LogP contribution in [0.5, 0.6) is 0 Å². The van der Waals surface area contributed by atoms with Crippen LogP contribution in [0, 0.1) is 0 Å². The lowest BCUT2D eigenvalue weighted by atomic mass is 10.1. The third-order valence-electron chi connectivity index (χ3n) is 5.27. The molecular weight excluding hydrogens is 394 g/mol. The molecule has 5 aromatic rings. The SMILES string of the molecule is O=C(O)C(Cc1ccccc1)n1ccc2c(nnc3c(-c4ccccc4)cnn32)c1=O. The number of nitrogens with zero attached hydrogens (tertiary/aromatic N) is 5. The van der Waals surface area contributed by atoms with Crippen LogP contribution in [0.15, 0.2) is 83.9 Å². The van der Waals surface area contributed by atoms with E-state index >= 15 is 0 Å². The van der Waals surface area contributed by atoms with Crippen molar-refractivity contribution in [2.75, 3.05) is 0 Å². The zero-order chi connectivity index (χ0) is 21.4. The molecule has 3 heterocycles. The number of rotatable bonds is 5. The average molecular weight is 411 g/mol. The van der Waals surface area contributed by atoms with Gasteiger partial charge in [-0.05, 0) is 17.2 Å². The highest BCUT2D eigenvalue weighted by Crippen LogP contribution is 2.24. The fourth-order valence-corrected chi connectivity index (χ4v) is 3.71. The Hall–Kier alpha value is -4.33. The second-order valence-electron chi connectivity index (χ2n) is 7.17. The molecule has 8 heteroatoms. The van der Waals surface area contributed by atoms with Crippen LogP contribution in [-0.2, 0) is 11.2 Å². The maximum Gasteiger partial charge on any atom is 0.327 e. The average Bonchev–Trinajstić information content (AvgIpc) is 3.24. The summed E-state index contributed by atoms with van der Waals surface area (Å²) in [6, 6.07) is 19.4. The van der Waals surface area contributed by atoms with Crippen molar-refractivity contribution in [3.63, 3.8) is 0 Å². The zero-order valence-electron chi connectivity index (χ0n) is 16.3. The number of carbonyl (C=O) groups is 1. The molecule has 1 atom stereocenters. The van der Waals surface area contributed by atoms with Crippen molar-refractivity contribution >= 4 is 22.6 Å². The van der Waals surface area contributed by atoms with Gasteiger partial charge in [-0.15, -0.1) is 10.2 Å². The molecule has 0 spiro atoms. The van der Waals surface area contributed by atoms with E-state index in [9.17, 15) is 14.7 Å². The topological polar surface area (TPSA) is 102 Å². The van der Waals surface area contributed by atoms with Crippen molar-refractivity contribution in [1.82, 2.24) is 24.4 Å². The van der Waals surface area contributed by atoms with Gasteiger partial charge in [0.25, 0.3) is 5.56 Å². The van der Waals surface area contributed by atoms with Crippen LogP contribution in [-0.4, -0.2) is 35.5 Å². The van der Waals surface area contributed by atoms with Crippen molar-refractivity contribution in [3.8, 4) is 11.1 Å². The predicted octanol–water partition coefficient (Wildman–Crippen LogP) is 2.97. The Labute approximate surface area is 176 Å². The quantitative estimate of drug-likeness (QED) is 0.477. The van der Waals surface area contributed by atoms with Crippen LogP contribution < -0.4 is 5.56 Å². The standard InChI is InChI=1S/C23H17N5O3/c29-22-20-18(11-12-27(22)19(23(30)31)13-15-7-3-1-4-8-15)28-21(26-25-20)17(14-24-28)16-9-5-2-6-10-16/h1-12,14,19H,13H2,(H,30,31). The molecule has 0 aliphatic carbocycles. The lowest BCUT2D eigenvalue weighted by Gasteiger charge is -2.16. The lowest BCUT2D eigenvalue weighted by Crippen LogP contribution is -2.31. The van der Waals surface area contributed by atoms with Gasteiger partial charge in [0, 0.05) is 18.2 Å². The molecule has 0 saturated carbocycles. The van der Waals surface area contributed by atoms with E-state index < -0.39 is 17.6 Å². The molecule has 31 heavy (non-hydrogen) atoms. The van der Waals surface area contributed by atoms with E-state index in [0.29, 0.717) is 11.2 Å². The molecule has 0 bridgehead atoms. The maximum absolute atomic E-state index is 13.1. The number of hydrogen-bond acceptors (Lipinski definition) is 5. The van der Waals surface area contributed by atoms with Gasteiger partial charge in [-0.25, -0.2) is 9.31 Å². The summed E-state index contributed by atoms with van der Waals surface area (Å²) in [5, 5.41) is 22.5. The molecular formula is C23H17N5O3. The first-order chi connectivity index (χ1) is 15.1. The maximum atomic E-state index is 13.1. The molecule has 0 amide bonds. The van der Waals surface area contributed by atoms with Gasteiger partial charge >= 0.3 is 5.97 Å². The molecule has 3 aromatic heterocycles. The lowest BCUT2D eigenvalue weighted by molar-refractivity contribution is -0.141. The van der Waals surface area contributed by atoms with E-state index in [1.807, 2.05) is 60.7 Å². The van der Waals surface area contributed by atoms with Gasteiger partial charge in [-0.3, -0.25) is 9.36 Å². The first-order valence-electron chi connectivity index (χ1n) is 9.71. The molecule has 8 nitrogen and oxygen atoms in total. The Kier molecular flexibility index (Phi) is 4.51. The monoisotopic (exact) mass is 411 g/mol. The van der Waals surface area contributed by atoms with Crippen molar-refractivity contribution in [2.24, 2.45) is 0 Å². The number of pyridine rings is 1. The van der Waals surface area contributed by atoms with E-state index in [0.717, 1.165) is 16.7 Å². The molecule has 1 unspecified atom stereocenters. The summed E-state index contributed by atoms with van der Waals surface area (Å²) in [7, 11) is 0. The van der Waals surface area contributed by atoms with Crippen LogP contribution in [0.25, 0.3) is 27.8 Å². The van der Waals surface area contributed by atoms with E-state index in [4.69, 9.17) is 0 Å². The zero-order valence-corrected chi connectivity index (χ0v) is 16.3. The summed E-state index contributed by atoms with van der Waals surface area (Å²) in [5.41, 5.74) is 3.10. The number of fused-ring (bicyclic) bond motifs is 3. The van der Waals surface area contributed by atoms with Crippen LogP contribution in [0.1, 0.15) is 11.6 Å². The minimum Gasteiger partial charge on any atom is -0.480 e. The van der Waals surface area contributed by atoms with Crippen LogP contribution >= 0.6 is 0 Å². The highest BCUT2D eigenvalue weighted by molar-refractivity contribution is 5.83. The second kappa shape index (κ2) is 7.49. The van der Waals surface area contributed by atoms with Gasteiger partial charge in [-0.1, -0.05) is 60.7 Å². The number of aromatic nitrogens is 5. The van der Waals surface area contributed by atoms with Crippen molar-refractivity contribution in [2.45, 2.75) is 12.5 Å². The summed E-state index contributed by atoms with van der Waals surface area (Å²) >= 11 is 0. The third kappa shape index (κ3) is 3.24. The molecule has 0 radical (unpaired) electrons. The van der Waals surface area contributed by atoms with Crippen LogP contribution in [0.3, 0.4) is 0 Å². The predicted molar refractivity (Wildman–Crippen MR) is 115 cm³/mol. The highest BCUT2D eigenvalue weighted by atomic mass is 16.4. The van der Waals surface area contributed by atoms with Gasteiger partial charge in [0.1, 0.15) is 11.6 Å². The van der Waals surface area contributed by atoms with Crippen molar-refractivity contribution in [1.29, 1.82) is 0 Å². The largest absolute Gasteiger partial charge is 0.480 e. The van der Waals surface area contributed by atoms with Gasteiger partial charge < -0.3 is 5.11 Å². The Morgan fingerprint density at radius 1 is 0.968 bits per heavy atom. The fraction of sp³-hybridized carbons (Fsp3) is 0.0870. The number of hydrogen-bond donors (Lipinski definition) is 1. The minimum atomic E-state index is -1.09. The molecule has 2 aromatic carbocycles. The third-order valence-corrected chi connectivity index (χ3v) is 5.27. The van der Waals surface area contributed by atoms with Gasteiger partial charge in [0.15, 0.2) is 11.2 Å². The molecule has 0 aliphatic heterocycles. The van der Waals surface area contributed by atoms with Gasteiger partial charge in [-0.2, -0.15) is 5.10 Å². The minimum absolute atomic E-state index is 0.0667. The van der Waals surface area contributed by atoms with Crippen LogP contribution in [0.4, 0.5) is 0 Å². The number of benzene rings is 2. The Balaban J connectivity index is 1.63. The van der Waals surface area contributed by atoms with Gasteiger partial charge in [0.2, 0.25) is 0 Å². The summed E-state index contributed by atoms with van der Waals surface area (Å²) in [4.78, 5) is 25.1. The van der Waals surface area contributed by atoms with Crippen molar-refractivity contribution < 1.29 is 9.90 Å². The fourth-order valence-electron chi connectivity index (χ4n) is 3.71. The van der Waals surface area contributed by atoms with Crippen molar-refractivity contribution in [3.05, 3.63) is 95.0 Å². The Morgan fingerprint density at radius 3 is 2.39 bits per heavy atom. The summed E-state index contributed by atoms with van der Waals surface area (Å²) in [5.74, 6) is -1.09. The number of carboxylic acid groups (broad SMARTS) is 1. The number of carboxylic acids is 1. The normalized spacial score (nSPS) is 12.3. The molecule has 1 N–H and O–H groups in total. The first kappa shape index (κ1) is 18.7. The Morgan fingerprint density at radius 2 is 1.68 bits per heavy atom. The van der Waals surface area contributed by atoms with E-state index in [1.165, 1.54) is 10.8 Å².